The van der Waals surface area contributed by atoms with Crippen molar-refractivity contribution in [1.29, 1.82) is 0 Å². The molecule has 1 aromatic carbocycles. The Kier molecular flexibility index (Phi) is 5.85. The van der Waals surface area contributed by atoms with Crippen molar-refractivity contribution in [2.24, 2.45) is 0 Å². The molecule has 1 fully saturated rings. The van der Waals surface area contributed by atoms with E-state index >= 15 is 0 Å². The Morgan fingerprint density at radius 1 is 1.25 bits per heavy atom. The highest BCUT2D eigenvalue weighted by Gasteiger charge is 2.21. The summed E-state index contributed by atoms with van der Waals surface area (Å²) in [4.78, 5) is 16.7. The summed E-state index contributed by atoms with van der Waals surface area (Å²) in [6.45, 7) is 4.87. The Morgan fingerprint density at radius 3 is 3.03 bits per heavy atom. The first-order chi connectivity index (χ1) is 15.7. The molecule has 168 valence electrons. The van der Waals surface area contributed by atoms with Crippen molar-refractivity contribution >= 4 is 0 Å². The molecule has 1 saturated heterocycles. The molecule has 5 rings (SSSR count). The standard InChI is InChI=1S/C22H26N6O4/c1-2-8-28-20(24-25-26-28)14-31-16-5-6-18-15(11-16)7-9-27-19(18)12-21(23-22(27)29)32-13-17-4-3-10-30-17/h5-6,11-12,17H,2-4,7-10,13-14H2,1H3. The van der Waals surface area contributed by atoms with Crippen molar-refractivity contribution in [1.82, 2.24) is 29.8 Å². The van der Waals surface area contributed by atoms with Crippen molar-refractivity contribution in [2.45, 2.75) is 58.4 Å². The highest BCUT2D eigenvalue weighted by molar-refractivity contribution is 5.67. The Hall–Kier alpha value is -3.27. The van der Waals surface area contributed by atoms with Gasteiger partial charge in [-0.15, -0.1) is 5.10 Å². The van der Waals surface area contributed by atoms with Crippen LogP contribution in [0.3, 0.4) is 0 Å². The summed E-state index contributed by atoms with van der Waals surface area (Å²) in [6, 6.07) is 7.74. The fourth-order valence-electron chi connectivity index (χ4n) is 4.16. The molecule has 4 heterocycles. The first-order valence-corrected chi connectivity index (χ1v) is 11.1. The van der Waals surface area contributed by atoms with E-state index in [1.54, 1.807) is 9.25 Å². The summed E-state index contributed by atoms with van der Waals surface area (Å²) >= 11 is 0. The maximum absolute atomic E-state index is 12.6. The number of aryl methyl sites for hydroxylation is 2. The van der Waals surface area contributed by atoms with Gasteiger partial charge < -0.3 is 14.2 Å². The predicted molar refractivity (Wildman–Crippen MR) is 115 cm³/mol. The van der Waals surface area contributed by atoms with Gasteiger partial charge in [-0.25, -0.2) is 9.48 Å². The molecule has 10 heteroatoms. The summed E-state index contributed by atoms with van der Waals surface area (Å²) in [5, 5.41) is 11.8. The van der Waals surface area contributed by atoms with Crippen LogP contribution in [0, 0.1) is 0 Å². The molecule has 0 N–H and O–H groups in total. The monoisotopic (exact) mass is 438 g/mol. The minimum absolute atomic E-state index is 0.0703. The maximum atomic E-state index is 12.6. The van der Waals surface area contributed by atoms with E-state index in [2.05, 4.69) is 27.4 Å². The SMILES string of the molecule is CCCn1nnnc1COc1ccc2c(c1)CCn1c-2cc(OCC2CCCO2)nc1=O. The van der Waals surface area contributed by atoms with Crippen LogP contribution in [0.1, 0.15) is 37.6 Å². The van der Waals surface area contributed by atoms with Crippen molar-refractivity contribution < 1.29 is 14.2 Å². The fraction of sp³-hybridized carbons (Fsp3) is 0.500. The highest BCUT2D eigenvalue weighted by atomic mass is 16.5. The lowest BCUT2D eigenvalue weighted by Crippen LogP contribution is -2.29. The van der Waals surface area contributed by atoms with Gasteiger partial charge in [0.2, 0.25) is 5.88 Å². The lowest BCUT2D eigenvalue weighted by molar-refractivity contribution is 0.0661. The first kappa shape index (κ1) is 20.6. The summed E-state index contributed by atoms with van der Waals surface area (Å²) in [6.07, 6.45) is 3.76. The number of fused-ring (bicyclic) bond motifs is 3. The van der Waals surface area contributed by atoms with Crippen LogP contribution in [-0.4, -0.2) is 49.1 Å². The van der Waals surface area contributed by atoms with Gasteiger partial charge in [-0.2, -0.15) is 4.98 Å². The summed E-state index contributed by atoms with van der Waals surface area (Å²) in [5.74, 6) is 1.78. The van der Waals surface area contributed by atoms with E-state index in [1.165, 1.54) is 0 Å². The third kappa shape index (κ3) is 4.22. The summed E-state index contributed by atoms with van der Waals surface area (Å²) < 4.78 is 20.8. The second kappa shape index (κ2) is 9.07. The van der Waals surface area contributed by atoms with E-state index in [0.717, 1.165) is 61.4 Å². The molecule has 1 atom stereocenters. The van der Waals surface area contributed by atoms with Crippen molar-refractivity contribution in [2.75, 3.05) is 13.2 Å². The molecule has 0 aliphatic carbocycles. The maximum Gasteiger partial charge on any atom is 0.351 e. The predicted octanol–water partition coefficient (Wildman–Crippen LogP) is 2.00. The normalized spacial score (nSPS) is 17.1. The van der Waals surface area contributed by atoms with Gasteiger partial charge in [0.1, 0.15) is 19.0 Å². The second-order valence-corrected chi connectivity index (χ2v) is 8.04. The smallest absolute Gasteiger partial charge is 0.351 e. The lowest BCUT2D eigenvalue weighted by Gasteiger charge is -2.22. The number of aromatic nitrogens is 6. The Labute approximate surface area is 185 Å². The molecule has 0 amide bonds. The average molecular weight is 438 g/mol. The number of hydrogen-bond donors (Lipinski definition) is 0. The second-order valence-electron chi connectivity index (χ2n) is 8.04. The van der Waals surface area contributed by atoms with E-state index in [1.807, 2.05) is 24.3 Å². The zero-order valence-electron chi connectivity index (χ0n) is 18.1. The zero-order valence-corrected chi connectivity index (χ0v) is 18.1. The molecule has 0 radical (unpaired) electrons. The molecule has 0 saturated carbocycles. The molecule has 3 aromatic rings. The molecule has 0 spiro atoms. The van der Waals surface area contributed by atoms with Crippen molar-refractivity contribution in [3.8, 4) is 22.9 Å². The van der Waals surface area contributed by atoms with Crippen LogP contribution in [0.2, 0.25) is 0 Å². The van der Waals surface area contributed by atoms with Crippen molar-refractivity contribution in [3.63, 3.8) is 0 Å². The van der Waals surface area contributed by atoms with Gasteiger partial charge in [-0.05, 0) is 59.9 Å². The third-order valence-corrected chi connectivity index (χ3v) is 5.80. The minimum atomic E-state index is -0.293. The van der Waals surface area contributed by atoms with Crippen molar-refractivity contribution in [3.05, 3.63) is 46.1 Å². The molecule has 2 aromatic heterocycles. The average Bonchev–Trinajstić information content (AvgIpc) is 3.48. The molecule has 1 unspecified atom stereocenters. The summed E-state index contributed by atoms with van der Waals surface area (Å²) in [7, 11) is 0. The van der Waals surface area contributed by atoms with Crippen LogP contribution in [0.5, 0.6) is 11.6 Å². The van der Waals surface area contributed by atoms with E-state index < -0.39 is 0 Å². The molecule has 32 heavy (non-hydrogen) atoms. The molecule has 2 aliphatic heterocycles. The number of rotatable bonds is 8. The minimum Gasteiger partial charge on any atom is -0.486 e. The number of hydrogen-bond acceptors (Lipinski definition) is 8. The van der Waals surface area contributed by atoms with E-state index in [0.29, 0.717) is 31.5 Å². The quantitative estimate of drug-likeness (QED) is 0.526. The van der Waals surface area contributed by atoms with Crippen LogP contribution in [-0.2, 0) is 30.9 Å². The van der Waals surface area contributed by atoms with Gasteiger partial charge in [0.05, 0.1) is 11.8 Å². The van der Waals surface area contributed by atoms with Gasteiger partial charge >= 0.3 is 5.69 Å². The van der Waals surface area contributed by atoms with E-state index in [4.69, 9.17) is 14.2 Å². The fourth-order valence-corrected chi connectivity index (χ4v) is 4.16. The topological polar surface area (TPSA) is 106 Å². The van der Waals surface area contributed by atoms with Gasteiger partial charge in [0, 0.05) is 31.3 Å². The molecular weight excluding hydrogens is 412 g/mol. The Balaban J connectivity index is 1.34. The Bertz CT molecular complexity index is 1150. The van der Waals surface area contributed by atoms with Gasteiger partial charge in [0.15, 0.2) is 5.82 Å². The highest BCUT2D eigenvalue weighted by Crippen LogP contribution is 2.32. The zero-order chi connectivity index (χ0) is 21.9. The van der Waals surface area contributed by atoms with Crippen LogP contribution < -0.4 is 15.2 Å². The van der Waals surface area contributed by atoms with E-state index in [-0.39, 0.29) is 11.8 Å². The lowest BCUT2D eigenvalue weighted by atomic mass is 9.97. The molecule has 0 bridgehead atoms. The first-order valence-electron chi connectivity index (χ1n) is 11.1. The van der Waals surface area contributed by atoms with Crippen LogP contribution in [0.15, 0.2) is 29.1 Å². The van der Waals surface area contributed by atoms with Crippen LogP contribution >= 0.6 is 0 Å². The van der Waals surface area contributed by atoms with Gasteiger partial charge in [0.25, 0.3) is 0 Å². The number of ether oxygens (including phenoxy) is 3. The number of nitrogens with zero attached hydrogens (tertiary/aromatic N) is 6. The molecule has 2 aliphatic rings. The summed E-state index contributed by atoms with van der Waals surface area (Å²) in [5.41, 5.74) is 2.62. The molecule has 10 nitrogen and oxygen atoms in total. The van der Waals surface area contributed by atoms with Gasteiger partial charge in [-0.1, -0.05) is 6.92 Å². The Morgan fingerprint density at radius 2 is 2.19 bits per heavy atom. The van der Waals surface area contributed by atoms with Gasteiger partial charge in [-0.3, -0.25) is 4.57 Å². The van der Waals surface area contributed by atoms with E-state index in [9.17, 15) is 4.79 Å². The largest absolute Gasteiger partial charge is 0.486 e. The molecular formula is C22H26N6O4. The number of tetrazole rings is 1. The number of benzene rings is 1. The van der Waals surface area contributed by atoms with Crippen LogP contribution in [0.4, 0.5) is 0 Å². The third-order valence-electron chi connectivity index (χ3n) is 5.80. The van der Waals surface area contributed by atoms with Crippen LogP contribution in [0.25, 0.3) is 11.3 Å².